The summed E-state index contributed by atoms with van der Waals surface area (Å²) in [5.74, 6) is 0.158. The van der Waals surface area contributed by atoms with Gasteiger partial charge in [0.1, 0.15) is 5.75 Å². The molecule has 1 unspecified atom stereocenters. The highest BCUT2D eigenvalue weighted by atomic mass is 79.9. The molecule has 0 saturated heterocycles. The van der Waals surface area contributed by atoms with Gasteiger partial charge in [-0.15, -0.1) is 0 Å². The summed E-state index contributed by atoms with van der Waals surface area (Å²) in [4.78, 5) is 22.3. The highest BCUT2D eigenvalue weighted by Gasteiger charge is 2.13. The maximum Gasteiger partial charge on any atom is 0.272 e. The summed E-state index contributed by atoms with van der Waals surface area (Å²) >= 11 is 3.37. The Bertz CT molecular complexity index is 747. The molecule has 2 rings (SSSR count). The molecule has 0 aliphatic heterocycles. The number of hydrogen-bond acceptors (Lipinski definition) is 4. The van der Waals surface area contributed by atoms with E-state index in [1.54, 1.807) is 13.0 Å². The standard InChI is InChI=1S/C17H17BrN2O4/c1-11-9-15(7-8-16(11)20(22)23)24-10-17(21)19-12(2)13-3-5-14(18)6-4-13/h3-9,12H,10H2,1-2H3,(H,19,21). The second-order valence-electron chi connectivity index (χ2n) is 5.33. The van der Waals surface area contributed by atoms with E-state index in [4.69, 9.17) is 4.74 Å². The average molecular weight is 393 g/mol. The first-order chi connectivity index (χ1) is 11.4. The maximum atomic E-state index is 12.0. The van der Waals surface area contributed by atoms with Crippen LogP contribution in [0, 0.1) is 17.0 Å². The molecule has 2 aromatic rings. The smallest absolute Gasteiger partial charge is 0.272 e. The Morgan fingerprint density at radius 1 is 1.29 bits per heavy atom. The molecule has 2 aromatic carbocycles. The average Bonchev–Trinajstić information content (AvgIpc) is 2.53. The van der Waals surface area contributed by atoms with Gasteiger partial charge in [0.05, 0.1) is 11.0 Å². The molecule has 0 aliphatic rings. The van der Waals surface area contributed by atoms with E-state index in [0.717, 1.165) is 10.0 Å². The van der Waals surface area contributed by atoms with Crippen LogP contribution in [0.2, 0.25) is 0 Å². The van der Waals surface area contributed by atoms with Crippen LogP contribution in [0.25, 0.3) is 0 Å². The van der Waals surface area contributed by atoms with Crippen LogP contribution in [-0.4, -0.2) is 17.4 Å². The third-order valence-electron chi connectivity index (χ3n) is 3.48. The molecule has 24 heavy (non-hydrogen) atoms. The zero-order chi connectivity index (χ0) is 17.7. The van der Waals surface area contributed by atoms with E-state index >= 15 is 0 Å². The van der Waals surface area contributed by atoms with Crippen LogP contribution >= 0.6 is 15.9 Å². The zero-order valence-electron chi connectivity index (χ0n) is 13.3. The number of carbonyl (C=O) groups is 1. The number of benzene rings is 2. The van der Waals surface area contributed by atoms with Crippen molar-refractivity contribution in [3.63, 3.8) is 0 Å². The lowest BCUT2D eigenvalue weighted by Crippen LogP contribution is -2.31. The molecule has 0 heterocycles. The van der Waals surface area contributed by atoms with Crippen molar-refractivity contribution in [3.05, 3.63) is 68.2 Å². The van der Waals surface area contributed by atoms with Gasteiger partial charge < -0.3 is 10.1 Å². The summed E-state index contributed by atoms with van der Waals surface area (Å²) in [6.45, 7) is 3.36. The fourth-order valence-electron chi connectivity index (χ4n) is 2.19. The molecule has 0 bridgehead atoms. The lowest BCUT2D eigenvalue weighted by Gasteiger charge is -2.15. The van der Waals surface area contributed by atoms with Crippen LogP contribution in [0.4, 0.5) is 5.69 Å². The molecular formula is C17H17BrN2O4. The Hall–Kier alpha value is -2.41. The van der Waals surface area contributed by atoms with E-state index in [-0.39, 0.29) is 24.2 Å². The quantitative estimate of drug-likeness (QED) is 0.596. The molecule has 0 aliphatic carbocycles. The minimum absolute atomic E-state index is 0.0238. The predicted molar refractivity (Wildman–Crippen MR) is 94.0 cm³/mol. The highest BCUT2D eigenvalue weighted by Crippen LogP contribution is 2.23. The number of nitro groups is 1. The van der Waals surface area contributed by atoms with Crippen LogP contribution in [-0.2, 0) is 4.79 Å². The summed E-state index contributed by atoms with van der Waals surface area (Å²) < 4.78 is 6.37. The topological polar surface area (TPSA) is 81.5 Å². The molecule has 0 fully saturated rings. The van der Waals surface area contributed by atoms with Crippen molar-refractivity contribution in [1.82, 2.24) is 5.32 Å². The number of nitrogens with one attached hydrogen (secondary N) is 1. The third-order valence-corrected chi connectivity index (χ3v) is 4.01. The lowest BCUT2D eigenvalue weighted by atomic mass is 10.1. The number of aryl methyl sites for hydroxylation is 1. The molecule has 1 N–H and O–H groups in total. The number of halogens is 1. The minimum atomic E-state index is -0.453. The van der Waals surface area contributed by atoms with E-state index in [9.17, 15) is 14.9 Å². The van der Waals surface area contributed by atoms with Gasteiger partial charge in [0.25, 0.3) is 11.6 Å². The minimum Gasteiger partial charge on any atom is -0.484 e. The number of amides is 1. The molecule has 0 spiro atoms. The first-order valence-electron chi connectivity index (χ1n) is 7.29. The molecule has 1 atom stereocenters. The van der Waals surface area contributed by atoms with Gasteiger partial charge in [-0.1, -0.05) is 28.1 Å². The maximum absolute atomic E-state index is 12.0. The number of rotatable bonds is 6. The van der Waals surface area contributed by atoms with Crippen molar-refractivity contribution in [2.45, 2.75) is 19.9 Å². The largest absolute Gasteiger partial charge is 0.484 e. The Morgan fingerprint density at radius 2 is 1.96 bits per heavy atom. The Kier molecular flexibility index (Phi) is 5.92. The predicted octanol–water partition coefficient (Wildman–Crippen LogP) is 3.92. The molecule has 1 amide bonds. The van der Waals surface area contributed by atoms with Crippen molar-refractivity contribution in [3.8, 4) is 5.75 Å². The highest BCUT2D eigenvalue weighted by molar-refractivity contribution is 9.10. The van der Waals surface area contributed by atoms with Crippen molar-refractivity contribution in [2.75, 3.05) is 6.61 Å². The van der Waals surface area contributed by atoms with Crippen LogP contribution in [0.3, 0.4) is 0 Å². The fourth-order valence-corrected chi connectivity index (χ4v) is 2.45. The van der Waals surface area contributed by atoms with Crippen LogP contribution in [0.1, 0.15) is 24.1 Å². The summed E-state index contributed by atoms with van der Waals surface area (Å²) in [5.41, 5.74) is 1.49. The second-order valence-corrected chi connectivity index (χ2v) is 6.25. The monoisotopic (exact) mass is 392 g/mol. The van der Waals surface area contributed by atoms with Crippen LogP contribution in [0.5, 0.6) is 5.75 Å². The first-order valence-corrected chi connectivity index (χ1v) is 8.09. The normalized spacial score (nSPS) is 11.6. The fraction of sp³-hybridized carbons (Fsp3) is 0.235. The van der Waals surface area contributed by atoms with Gasteiger partial charge in [-0.3, -0.25) is 14.9 Å². The Labute approximate surface area is 148 Å². The van der Waals surface area contributed by atoms with E-state index in [2.05, 4.69) is 21.2 Å². The van der Waals surface area contributed by atoms with Gasteiger partial charge in [0.2, 0.25) is 0 Å². The van der Waals surface area contributed by atoms with E-state index in [1.165, 1.54) is 12.1 Å². The number of hydrogen-bond donors (Lipinski definition) is 1. The first kappa shape index (κ1) is 17.9. The van der Waals surface area contributed by atoms with Gasteiger partial charge >= 0.3 is 0 Å². The molecule has 6 nitrogen and oxygen atoms in total. The van der Waals surface area contributed by atoms with E-state index < -0.39 is 4.92 Å². The molecule has 7 heteroatoms. The SMILES string of the molecule is Cc1cc(OCC(=O)NC(C)c2ccc(Br)cc2)ccc1[N+](=O)[O-]. The lowest BCUT2D eigenvalue weighted by molar-refractivity contribution is -0.385. The van der Waals surface area contributed by atoms with Crippen molar-refractivity contribution >= 4 is 27.5 Å². The van der Waals surface area contributed by atoms with E-state index in [1.807, 2.05) is 31.2 Å². The summed E-state index contributed by atoms with van der Waals surface area (Å²) in [6, 6.07) is 11.9. The summed E-state index contributed by atoms with van der Waals surface area (Å²) in [7, 11) is 0. The van der Waals surface area contributed by atoms with E-state index in [0.29, 0.717) is 11.3 Å². The number of carbonyl (C=O) groups excluding carboxylic acids is 1. The van der Waals surface area contributed by atoms with Crippen molar-refractivity contribution < 1.29 is 14.5 Å². The molecular weight excluding hydrogens is 376 g/mol. The number of nitrogens with zero attached hydrogens (tertiary/aromatic N) is 1. The van der Waals surface area contributed by atoms with Crippen molar-refractivity contribution in [1.29, 1.82) is 0 Å². The Morgan fingerprint density at radius 3 is 2.54 bits per heavy atom. The summed E-state index contributed by atoms with van der Waals surface area (Å²) in [6.07, 6.45) is 0. The third kappa shape index (κ3) is 4.79. The number of nitro benzene ring substituents is 1. The zero-order valence-corrected chi connectivity index (χ0v) is 14.9. The van der Waals surface area contributed by atoms with Gasteiger partial charge in [-0.25, -0.2) is 0 Å². The van der Waals surface area contributed by atoms with Crippen LogP contribution < -0.4 is 10.1 Å². The number of ether oxygens (including phenoxy) is 1. The molecule has 0 radical (unpaired) electrons. The van der Waals surface area contributed by atoms with Gasteiger partial charge in [0, 0.05) is 16.1 Å². The van der Waals surface area contributed by atoms with Gasteiger partial charge in [-0.05, 0) is 43.7 Å². The van der Waals surface area contributed by atoms with Crippen LogP contribution in [0.15, 0.2) is 46.9 Å². The second kappa shape index (κ2) is 7.92. The molecule has 0 aromatic heterocycles. The van der Waals surface area contributed by atoms with Gasteiger partial charge in [0.15, 0.2) is 6.61 Å². The Balaban J connectivity index is 1.90. The molecule has 126 valence electrons. The molecule has 0 saturated carbocycles. The van der Waals surface area contributed by atoms with Crippen molar-refractivity contribution in [2.24, 2.45) is 0 Å². The van der Waals surface area contributed by atoms with Gasteiger partial charge in [-0.2, -0.15) is 0 Å². The summed E-state index contributed by atoms with van der Waals surface area (Å²) in [5, 5.41) is 13.6.